The maximum absolute atomic E-state index is 13.0. The number of nitrogens with zero attached hydrogens (tertiary/aromatic N) is 2. The summed E-state index contributed by atoms with van der Waals surface area (Å²) in [5.41, 5.74) is 4.51. The standard InChI is InChI=1S/C23H22N4O/c1-27(2)19-11-10-17-13-21(25-20(17)14-19)23(28)26-22(16-7-4-3-5-8-16)18-9-6-12-24-15-18/h3-15,22,25H,1-2H3,(H,26,28). The second-order valence-corrected chi connectivity index (χ2v) is 6.95. The Kier molecular flexibility index (Phi) is 4.81. The molecule has 1 unspecified atom stereocenters. The van der Waals surface area contributed by atoms with Gasteiger partial charge >= 0.3 is 0 Å². The van der Waals surface area contributed by atoms with E-state index in [4.69, 9.17) is 0 Å². The first-order valence-corrected chi connectivity index (χ1v) is 9.17. The highest BCUT2D eigenvalue weighted by molar-refractivity contribution is 5.99. The first-order valence-electron chi connectivity index (χ1n) is 9.17. The van der Waals surface area contributed by atoms with Crippen molar-refractivity contribution in [1.82, 2.24) is 15.3 Å². The number of pyridine rings is 1. The van der Waals surface area contributed by atoms with Crippen LogP contribution in [0.15, 0.2) is 79.1 Å². The third-order valence-electron chi connectivity index (χ3n) is 4.79. The molecule has 0 saturated carbocycles. The Hall–Kier alpha value is -3.60. The summed E-state index contributed by atoms with van der Waals surface area (Å²) >= 11 is 0. The number of fused-ring (bicyclic) bond motifs is 1. The van der Waals surface area contributed by atoms with Crippen LogP contribution in [0.5, 0.6) is 0 Å². The number of hydrogen-bond donors (Lipinski definition) is 2. The Bertz CT molecular complexity index is 1050. The van der Waals surface area contributed by atoms with Crippen LogP contribution >= 0.6 is 0 Å². The molecule has 0 spiro atoms. The quantitative estimate of drug-likeness (QED) is 0.555. The normalized spacial score (nSPS) is 11.9. The molecular formula is C23H22N4O. The van der Waals surface area contributed by atoms with Crippen molar-refractivity contribution in [3.05, 3.63) is 95.9 Å². The summed E-state index contributed by atoms with van der Waals surface area (Å²) in [7, 11) is 3.99. The van der Waals surface area contributed by atoms with Crippen LogP contribution in [0, 0.1) is 0 Å². The Morgan fingerprint density at radius 1 is 1.00 bits per heavy atom. The lowest BCUT2D eigenvalue weighted by Gasteiger charge is -2.19. The van der Waals surface area contributed by atoms with Gasteiger partial charge in [-0.3, -0.25) is 9.78 Å². The van der Waals surface area contributed by atoms with Crippen LogP contribution in [0.3, 0.4) is 0 Å². The van der Waals surface area contributed by atoms with Crippen LogP contribution < -0.4 is 10.2 Å². The predicted octanol–water partition coefficient (Wildman–Crippen LogP) is 4.15. The van der Waals surface area contributed by atoms with Gasteiger partial charge in [0.05, 0.1) is 6.04 Å². The van der Waals surface area contributed by atoms with Crippen molar-refractivity contribution in [2.75, 3.05) is 19.0 Å². The number of aromatic nitrogens is 2. The van der Waals surface area contributed by atoms with Crippen LogP contribution in [0.2, 0.25) is 0 Å². The van der Waals surface area contributed by atoms with E-state index in [2.05, 4.69) is 15.3 Å². The summed E-state index contributed by atoms with van der Waals surface area (Å²) in [6.45, 7) is 0. The first kappa shape index (κ1) is 17.8. The molecule has 0 bridgehead atoms. The van der Waals surface area contributed by atoms with Crippen LogP contribution in [0.1, 0.15) is 27.7 Å². The van der Waals surface area contributed by atoms with Crippen molar-refractivity contribution in [2.45, 2.75) is 6.04 Å². The van der Waals surface area contributed by atoms with Crippen LogP contribution in [0.25, 0.3) is 10.9 Å². The molecule has 0 aliphatic heterocycles. The molecular weight excluding hydrogens is 348 g/mol. The number of aromatic amines is 1. The lowest BCUT2D eigenvalue weighted by Crippen LogP contribution is -2.29. The van der Waals surface area contributed by atoms with Gasteiger partial charge in [0.25, 0.3) is 5.91 Å². The van der Waals surface area contributed by atoms with Gasteiger partial charge in [-0.05, 0) is 35.4 Å². The van der Waals surface area contributed by atoms with E-state index in [1.807, 2.05) is 85.7 Å². The summed E-state index contributed by atoms with van der Waals surface area (Å²) in [6, 6.07) is 21.5. The predicted molar refractivity (Wildman–Crippen MR) is 113 cm³/mol. The highest BCUT2D eigenvalue weighted by Crippen LogP contribution is 2.24. The monoisotopic (exact) mass is 370 g/mol. The molecule has 140 valence electrons. The molecule has 0 fully saturated rings. The molecule has 1 amide bonds. The molecule has 2 aromatic heterocycles. The zero-order valence-electron chi connectivity index (χ0n) is 15.9. The average molecular weight is 370 g/mol. The summed E-state index contributed by atoms with van der Waals surface area (Å²) in [5.74, 6) is -0.152. The Balaban J connectivity index is 1.65. The van der Waals surface area contributed by atoms with Gasteiger partial charge in [0, 0.05) is 43.1 Å². The number of nitrogens with one attached hydrogen (secondary N) is 2. The summed E-state index contributed by atoms with van der Waals surface area (Å²) < 4.78 is 0. The number of anilines is 1. The van der Waals surface area contributed by atoms with E-state index in [0.717, 1.165) is 27.7 Å². The molecule has 0 saturated heterocycles. The molecule has 0 aliphatic carbocycles. The van der Waals surface area contributed by atoms with Crippen LogP contribution in [-0.4, -0.2) is 30.0 Å². The van der Waals surface area contributed by atoms with Gasteiger partial charge in [-0.15, -0.1) is 0 Å². The zero-order valence-corrected chi connectivity index (χ0v) is 15.9. The van der Waals surface area contributed by atoms with E-state index in [-0.39, 0.29) is 11.9 Å². The third kappa shape index (κ3) is 3.60. The van der Waals surface area contributed by atoms with E-state index in [0.29, 0.717) is 5.69 Å². The highest BCUT2D eigenvalue weighted by Gasteiger charge is 2.19. The highest BCUT2D eigenvalue weighted by atomic mass is 16.1. The van der Waals surface area contributed by atoms with Crippen molar-refractivity contribution in [2.24, 2.45) is 0 Å². The van der Waals surface area contributed by atoms with Crippen molar-refractivity contribution < 1.29 is 4.79 Å². The third-order valence-corrected chi connectivity index (χ3v) is 4.79. The number of carbonyl (C=O) groups is 1. The molecule has 2 aromatic carbocycles. The molecule has 28 heavy (non-hydrogen) atoms. The average Bonchev–Trinajstić information content (AvgIpc) is 3.16. The van der Waals surface area contributed by atoms with E-state index in [1.165, 1.54) is 0 Å². The Labute approximate surface area is 164 Å². The van der Waals surface area contributed by atoms with Gasteiger partial charge in [0.15, 0.2) is 0 Å². The maximum atomic E-state index is 13.0. The van der Waals surface area contributed by atoms with E-state index in [1.54, 1.807) is 12.4 Å². The zero-order chi connectivity index (χ0) is 19.5. The first-order chi connectivity index (χ1) is 13.6. The fraction of sp³-hybridized carbons (Fsp3) is 0.130. The molecule has 5 nitrogen and oxygen atoms in total. The maximum Gasteiger partial charge on any atom is 0.268 e. The second kappa shape index (κ2) is 7.56. The van der Waals surface area contributed by atoms with Gasteiger partial charge in [-0.25, -0.2) is 0 Å². The van der Waals surface area contributed by atoms with Crippen LogP contribution in [-0.2, 0) is 0 Å². The molecule has 1 atom stereocenters. The minimum absolute atomic E-state index is 0.152. The molecule has 4 rings (SSSR count). The summed E-state index contributed by atoms with van der Waals surface area (Å²) in [4.78, 5) is 22.5. The molecule has 0 aliphatic rings. The number of amides is 1. The van der Waals surface area contributed by atoms with Gasteiger partial charge < -0.3 is 15.2 Å². The molecule has 4 aromatic rings. The summed E-state index contributed by atoms with van der Waals surface area (Å²) in [5, 5.41) is 4.15. The lowest BCUT2D eigenvalue weighted by molar-refractivity contribution is 0.0938. The summed E-state index contributed by atoms with van der Waals surface area (Å²) in [6.07, 6.45) is 3.51. The molecule has 5 heteroatoms. The van der Waals surface area contributed by atoms with Gasteiger partial charge in [0.2, 0.25) is 0 Å². The van der Waals surface area contributed by atoms with Gasteiger partial charge in [0.1, 0.15) is 5.69 Å². The van der Waals surface area contributed by atoms with Crippen molar-refractivity contribution in [1.29, 1.82) is 0 Å². The Morgan fingerprint density at radius 3 is 2.50 bits per heavy atom. The van der Waals surface area contributed by atoms with Crippen molar-refractivity contribution in [3.63, 3.8) is 0 Å². The number of hydrogen-bond acceptors (Lipinski definition) is 3. The molecule has 2 N–H and O–H groups in total. The van der Waals surface area contributed by atoms with E-state index >= 15 is 0 Å². The van der Waals surface area contributed by atoms with E-state index in [9.17, 15) is 4.79 Å². The Morgan fingerprint density at radius 2 is 1.79 bits per heavy atom. The smallest absolute Gasteiger partial charge is 0.268 e. The fourth-order valence-electron chi connectivity index (χ4n) is 3.28. The lowest BCUT2D eigenvalue weighted by atomic mass is 10.00. The number of carbonyl (C=O) groups excluding carboxylic acids is 1. The van der Waals surface area contributed by atoms with Gasteiger partial charge in [-0.1, -0.05) is 42.5 Å². The number of benzene rings is 2. The van der Waals surface area contributed by atoms with Gasteiger partial charge in [-0.2, -0.15) is 0 Å². The van der Waals surface area contributed by atoms with Crippen molar-refractivity contribution >= 4 is 22.5 Å². The minimum atomic E-state index is -0.272. The molecule has 2 heterocycles. The fourth-order valence-corrected chi connectivity index (χ4v) is 3.28. The SMILES string of the molecule is CN(C)c1ccc2cc(C(=O)NC(c3ccccc3)c3cccnc3)[nH]c2c1. The largest absolute Gasteiger partial charge is 0.378 e. The minimum Gasteiger partial charge on any atom is -0.378 e. The molecule has 0 radical (unpaired) electrons. The van der Waals surface area contributed by atoms with Crippen LogP contribution in [0.4, 0.5) is 5.69 Å². The topological polar surface area (TPSA) is 61.0 Å². The number of rotatable bonds is 5. The van der Waals surface area contributed by atoms with E-state index < -0.39 is 0 Å². The second-order valence-electron chi connectivity index (χ2n) is 6.95. The number of H-pyrrole nitrogens is 1. The van der Waals surface area contributed by atoms with Crippen molar-refractivity contribution in [3.8, 4) is 0 Å².